The summed E-state index contributed by atoms with van der Waals surface area (Å²) in [6, 6.07) is 0. The van der Waals surface area contributed by atoms with E-state index in [1.165, 1.54) is 11.3 Å². The molecule has 1 unspecified atom stereocenters. The summed E-state index contributed by atoms with van der Waals surface area (Å²) in [5.74, 6) is -0.235. The molecule has 1 aromatic rings. The summed E-state index contributed by atoms with van der Waals surface area (Å²) in [5, 5.41) is 5.23. The van der Waals surface area contributed by atoms with E-state index in [1.807, 2.05) is 12.3 Å². The Bertz CT molecular complexity index is 297. The molecule has 4 nitrogen and oxygen atoms in total. The van der Waals surface area contributed by atoms with Crippen molar-refractivity contribution in [2.45, 2.75) is 13.8 Å². The summed E-state index contributed by atoms with van der Waals surface area (Å²) in [6.07, 6.45) is 0. The number of nitrogens with one attached hydrogen (secondary N) is 1. The van der Waals surface area contributed by atoms with Crippen LogP contribution in [-0.4, -0.2) is 17.4 Å². The average molecular weight is 199 g/mol. The molecule has 0 aromatic carbocycles. The van der Waals surface area contributed by atoms with Gasteiger partial charge in [0.05, 0.1) is 5.69 Å². The van der Waals surface area contributed by atoms with Crippen molar-refractivity contribution in [3.05, 3.63) is 11.1 Å². The Labute approximate surface area is 81.2 Å². The number of nitrogens with two attached hydrogens (primary N) is 1. The minimum absolute atomic E-state index is 0.0724. The van der Waals surface area contributed by atoms with E-state index in [4.69, 9.17) is 5.73 Å². The number of carbonyl (C=O) groups excluding carboxylic acids is 1. The third-order valence-corrected chi connectivity index (χ3v) is 2.53. The van der Waals surface area contributed by atoms with Gasteiger partial charge in [0.25, 0.3) is 0 Å². The summed E-state index contributed by atoms with van der Waals surface area (Å²) in [4.78, 5) is 15.4. The van der Waals surface area contributed by atoms with Crippen LogP contribution < -0.4 is 11.1 Å². The number of aromatic nitrogens is 1. The Morgan fingerprint density at radius 1 is 1.85 bits per heavy atom. The van der Waals surface area contributed by atoms with Gasteiger partial charge >= 0.3 is 0 Å². The molecular formula is C8H13N3OS. The molecule has 1 heterocycles. The molecule has 0 saturated carbocycles. The first-order valence-electron chi connectivity index (χ1n) is 4.06. The highest BCUT2D eigenvalue weighted by Crippen LogP contribution is 2.14. The van der Waals surface area contributed by atoms with Crippen molar-refractivity contribution < 1.29 is 4.79 Å². The number of amides is 1. The first-order valence-corrected chi connectivity index (χ1v) is 4.94. The van der Waals surface area contributed by atoms with Crippen molar-refractivity contribution in [3.63, 3.8) is 0 Å². The highest BCUT2D eigenvalue weighted by atomic mass is 32.1. The minimum atomic E-state index is -0.163. The van der Waals surface area contributed by atoms with Crippen LogP contribution in [0.3, 0.4) is 0 Å². The number of thiazole rings is 1. The molecule has 1 aromatic heterocycles. The zero-order valence-electron chi connectivity index (χ0n) is 7.70. The SMILES string of the molecule is Cc1csc(NC(=O)C(C)CN)n1. The van der Waals surface area contributed by atoms with Crippen LogP contribution in [0, 0.1) is 12.8 Å². The van der Waals surface area contributed by atoms with Crippen LogP contribution in [0.1, 0.15) is 12.6 Å². The molecule has 0 aliphatic carbocycles. The molecule has 0 bridgehead atoms. The molecule has 72 valence electrons. The lowest BCUT2D eigenvalue weighted by Crippen LogP contribution is -2.26. The Hall–Kier alpha value is -0.940. The summed E-state index contributed by atoms with van der Waals surface area (Å²) in [6.45, 7) is 4.03. The lowest BCUT2D eigenvalue weighted by atomic mass is 10.2. The number of rotatable bonds is 3. The van der Waals surface area contributed by atoms with Gasteiger partial charge in [-0.1, -0.05) is 6.92 Å². The number of hydrogen-bond donors (Lipinski definition) is 2. The third-order valence-electron chi connectivity index (χ3n) is 1.65. The highest BCUT2D eigenvalue weighted by Gasteiger charge is 2.11. The first kappa shape index (κ1) is 10.1. The van der Waals surface area contributed by atoms with Crippen molar-refractivity contribution in [3.8, 4) is 0 Å². The van der Waals surface area contributed by atoms with Crippen LogP contribution in [0.2, 0.25) is 0 Å². The fourth-order valence-electron chi connectivity index (χ4n) is 0.747. The van der Waals surface area contributed by atoms with Crippen LogP contribution >= 0.6 is 11.3 Å². The maximum Gasteiger partial charge on any atom is 0.230 e. The maximum atomic E-state index is 11.3. The van der Waals surface area contributed by atoms with Gasteiger partial charge in [-0.15, -0.1) is 11.3 Å². The normalized spacial score (nSPS) is 12.5. The molecule has 0 spiro atoms. The number of carbonyl (C=O) groups is 1. The van der Waals surface area contributed by atoms with Gasteiger partial charge in [0.15, 0.2) is 5.13 Å². The first-order chi connectivity index (χ1) is 6.13. The predicted octanol–water partition coefficient (Wildman–Crippen LogP) is 0.985. The number of aryl methyl sites for hydroxylation is 1. The zero-order valence-corrected chi connectivity index (χ0v) is 8.52. The van der Waals surface area contributed by atoms with Gasteiger partial charge in [-0.25, -0.2) is 4.98 Å². The molecule has 3 N–H and O–H groups in total. The van der Waals surface area contributed by atoms with Gasteiger partial charge in [-0.2, -0.15) is 0 Å². The fraction of sp³-hybridized carbons (Fsp3) is 0.500. The third kappa shape index (κ3) is 2.78. The molecule has 1 amide bonds. The standard InChI is InChI=1S/C8H13N3OS/c1-5(3-9)7(12)11-8-10-6(2)4-13-8/h4-5H,3,9H2,1-2H3,(H,10,11,12). The quantitative estimate of drug-likeness (QED) is 0.762. The van der Waals surface area contributed by atoms with E-state index >= 15 is 0 Å². The van der Waals surface area contributed by atoms with E-state index in [-0.39, 0.29) is 11.8 Å². The molecule has 0 aliphatic heterocycles. The Morgan fingerprint density at radius 2 is 2.54 bits per heavy atom. The molecule has 0 radical (unpaired) electrons. The predicted molar refractivity (Wildman–Crippen MR) is 53.7 cm³/mol. The maximum absolute atomic E-state index is 11.3. The van der Waals surface area contributed by atoms with Gasteiger partial charge in [-0.05, 0) is 6.92 Å². The minimum Gasteiger partial charge on any atom is -0.330 e. The summed E-state index contributed by atoms with van der Waals surface area (Å²) < 4.78 is 0. The summed E-state index contributed by atoms with van der Waals surface area (Å²) >= 11 is 1.42. The van der Waals surface area contributed by atoms with E-state index in [0.717, 1.165) is 5.69 Å². The number of nitrogens with zero attached hydrogens (tertiary/aromatic N) is 1. The average Bonchev–Trinajstić information content (AvgIpc) is 2.49. The Morgan fingerprint density at radius 3 is 3.00 bits per heavy atom. The molecule has 0 aliphatic rings. The fourth-order valence-corrected chi connectivity index (χ4v) is 1.44. The van der Waals surface area contributed by atoms with Crippen molar-refractivity contribution in [1.29, 1.82) is 0 Å². The van der Waals surface area contributed by atoms with Crippen molar-refractivity contribution in [1.82, 2.24) is 4.98 Å². The van der Waals surface area contributed by atoms with Crippen LogP contribution in [0.15, 0.2) is 5.38 Å². The van der Waals surface area contributed by atoms with Crippen LogP contribution in [-0.2, 0) is 4.79 Å². The van der Waals surface area contributed by atoms with Gasteiger partial charge < -0.3 is 11.1 Å². The van der Waals surface area contributed by atoms with E-state index in [0.29, 0.717) is 11.7 Å². The second-order valence-electron chi connectivity index (χ2n) is 2.92. The van der Waals surface area contributed by atoms with E-state index in [9.17, 15) is 4.79 Å². The largest absolute Gasteiger partial charge is 0.330 e. The molecule has 5 heteroatoms. The lowest BCUT2D eigenvalue weighted by molar-refractivity contribution is -0.119. The van der Waals surface area contributed by atoms with E-state index < -0.39 is 0 Å². The molecule has 1 rings (SSSR count). The second kappa shape index (κ2) is 4.34. The topological polar surface area (TPSA) is 68.0 Å². The van der Waals surface area contributed by atoms with Crippen LogP contribution in [0.5, 0.6) is 0 Å². The molecular weight excluding hydrogens is 186 g/mol. The zero-order chi connectivity index (χ0) is 9.84. The lowest BCUT2D eigenvalue weighted by Gasteiger charge is -2.06. The van der Waals surface area contributed by atoms with Gasteiger partial charge in [0.1, 0.15) is 0 Å². The molecule has 0 fully saturated rings. The molecule has 13 heavy (non-hydrogen) atoms. The second-order valence-corrected chi connectivity index (χ2v) is 3.78. The summed E-state index contributed by atoms with van der Waals surface area (Å²) in [5.41, 5.74) is 6.27. The van der Waals surface area contributed by atoms with E-state index in [2.05, 4.69) is 10.3 Å². The van der Waals surface area contributed by atoms with Crippen molar-refractivity contribution in [2.75, 3.05) is 11.9 Å². The Kier molecular flexibility index (Phi) is 3.39. The Balaban J connectivity index is 2.54. The number of anilines is 1. The monoisotopic (exact) mass is 199 g/mol. The van der Waals surface area contributed by atoms with E-state index in [1.54, 1.807) is 6.92 Å². The number of hydrogen-bond acceptors (Lipinski definition) is 4. The van der Waals surface area contributed by atoms with Crippen LogP contribution in [0.25, 0.3) is 0 Å². The molecule has 1 atom stereocenters. The van der Waals surface area contributed by atoms with Crippen molar-refractivity contribution in [2.24, 2.45) is 11.7 Å². The van der Waals surface area contributed by atoms with Gasteiger partial charge in [0, 0.05) is 17.8 Å². The summed E-state index contributed by atoms with van der Waals surface area (Å²) in [7, 11) is 0. The van der Waals surface area contributed by atoms with Crippen LogP contribution in [0.4, 0.5) is 5.13 Å². The van der Waals surface area contributed by atoms with Gasteiger partial charge in [0.2, 0.25) is 5.91 Å². The van der Waals surface area contributed by atoms with Crippen molar-refractivity contribution >= 4 is 22.4 Å². The molecule has 0 saturated heterocycles. The smallest absolute Gasteiger partial charge is 0.230 e. The van der Waals surface area contributed by atoms with Gasteiger partial charge in [-0.3, -0.25) is 4.79 Å². The highest BCUT2D eigenvalue weighted by molar-refractivity contribution is 7.13.